The van der Waals surface area contributed by atoms with Crippen molar-refractivity contribution in [3.63, 3.8) is 0 Å². The monoisotopic (exact) mass is 184 g/mol. The first kappa shape index (κ1) is 12.0. The molecule has 4 nitrogen and oxygen atoms in total. The van der Waals surface area contributed by atoms with Crippen LogP contribution in [0.15, 0.2) is 0 Å². The Labute approximate surface area is 109 Å². The summed E-state index contributed by atoms with van der Waals surface area (Å²) in [6, 6.07) is 0.0961. The molecule has 1 aliphatic carbocycles. The van der Waals surface area contributed by atoms with Crippen LogP contribution in [-0.2, 0) is 4.99 Å². The van der Waals surface area contributed by atoms with E-state index in [1.807, 2.05) is 0 Å². The smallest absolute Gasteiger partial charge is 0.141 e. The van der Waals surface area contributed by atoms with E-state index in [9.17, 15) is 0 Å². The number of hydrogen-bond acceptors (Lipinski definition) is 3. The van der Waals surface area contributed by atoms with Gasteiger partial charge in [0.05, 0.1) is 0 Å². The standard InChI is InChI=1S/C6H12N2O2.K/c7-8(10-9)6-4-2-1-3-5-6;/h6-7H,1-5H2;/q;+1/p+1. The normalized spacial score (nSPS) is 18.6. The van der Waals surface area contributed by atoms with E-state index >= 15 is 0 Å². The van der Waals surface area contributed by atoms with Gasteiger partial charge in [-0.1, -0.05) is 11.4 Å². The van der Waals surface area contributed by atoms with Crippen LogP contribution in [0.2, 0.25) is 0 Å². The first-order valence-electron chi connectivity index (χ1n) is 3.66. The van der Waals surface area contributed by atoms with Crippen molar-refractivity contribution < 1.29 is 66.5 Å². The summed E-state index contributed by atoms with van der Waals surface area (Å²) in [6.07, 6.45) is 5.46. The molecule has 1 aliphatic rings. The Hall–Kier alpha value is 0.996. The van der Waals surface area contributed by atoms with Gasteiger partial charge >= 0.3 is 51.4 Å². The fraction of sp³-hybridized carbons (Fsp3) is 1.00. The second-order valence-corrected chi connectivity index (χ2v) is 2.70. The van der Waals surface area contributed by atoms with Gasteiger partial charge in [-0.3, -0.25) is 0 Å². The van der Waals surface area contributed by atoms with Gasteiger partial charge in [0, 0.05) is 12.8 Å². The summed E-state index contributed by atoms with van der Waals surface area (Å²) in [5, 5.41) is 8.13. The summed E-state index contributed by atoms with van der Waals surface area (Å²) >= 11 is 0. The van der Waals surface area contributed by atoms with E-state index in [0.717, 1.165) is 30.5 Å². The Morgan fingerprint density at radius 1 is 1.27 bits per heavy atom. The Morgan fingerprint density at radius 2 is 1.82 bits per heavy atom. The number of rotatable bonds is 2. The van der Waals surface area contributed by atoms with Crippen LogP contribution in [0.5, 0.6) is 0 Å². The van der Waals surface area contributed by atoms with Gasteiger partial charge in [0.2, 0.25) is 6.04 Å². The molecule has 0 bridgehead atoms. The summed E-state index contributed by atoms with van der Waals surface area (Å²) in [7, 11) is 0. The third-order valence-electron chi connectivity index (χ3n) is 1.99. The minimum atomic E-state index is 0. The Morgan fingerprint density at radius 3 is 2.27 bits per heavy atom. The van der Waals surface area contributed by atoms with Gasteiger partial charge in [0.1, 0.15) is 4.86 Å². The fourth-order valence-corrected chi connectivity index (χ4v) is 1.38. The molecule has 0 aromatic heterocycles. The molecule has 1 fully saturated rings. The molecule has 0 amide bonds. The van der Waals surface area contributed by atoms with Crippen LogP contribution in [0.4, 0.5) is 0 Å². The molecule has 0 saturated heterocycles. The summed E-state index contributed by atoms with van der Waals surface area (Å²) in [4.78, 5) is 4.58. The Bertz CT molecular complexity index is 126. The van der Waals surface area contributed by atoms with Crippen LogP contribution in [0.3, 0.4) is 0 Å². The van der Waals surface area contributed by atoms with Crippen molar-refractivity contribution in [1.29, 1.82) is 5.53 Å². The molecule has 2 N–H and O–H groups in total. The van der Waals surface area contributed by atoms with Crippen molar-refractivity contribution in [1.82, 2.24) is 0 Å². The molecular formula is C6H13KN2O2+2. The Balaban J connectivity index is 0.000001000. The Kier molecular flexibility index (Phi) is 7.09. The van der Waals surface area contributed by atoms with E-state index in [1.165, 1.54) is 6.42 Å². The summed E-state index contributed by atoms with van der Waals surface area (Å²) < 4.78 is 0. The van der Waals surface area contributed by atoms with E-state index in [0.29, 0.717) is 0 Å². The average molecular weight is 184 g/mol. The fourth-order valence-electron chi connectivity index (χ4n) is 1.38. The first-order chi connectivity index (χ1) is 4.84. The van der Waals surface area contributed by atoms with E-state index in [1.54, 1.807) is 0 Å². The van der Waals surface area contributed by atoms with Crippen LogP contribution in [0, 0.1) is 5.53 Å². The van der Waals surface area contributed by atoms with Gasteiger partial charge in [0.25, 0.3) is 0 Å². The number of hydroxylamine groups is 1. The van der Waals surface area contributed by atoms with Crippen LogP contribution in [0.25, 0.3) is 0 Å². The molecule has 0 aromatic carbocycles. The largest absolute Gasteiger partial charge is 1.00 e. The number of nitrogens with one attached hydrogen (secondary N) is 1. The van der Waals surface area contributed by atoms with Crippen molar-refractivity contribution >= 4 is 0 Å². The molecule has 0 atom stereocenters. The zero-order valence-corrected chi connectivity index (χ0v) is 10.0. The van der Waals surface area contributed by atoms with Gasteiger partial charge in [0.15, 0.2) is 0 Å². The van der Waals surface area contributed by atoms with Gasteiger partial charge < -0.3 is 0 Å². The molecule has 0 aromatic rings. The van der Waals surface area contributed by atoms with Crippen molar-refractivity contribution in [3.05, 3.63) is 0 Å². The van der Waals surface area contributed by atoms with Crippen LogP contribution < -0.4 is 51.4 Å². The minimum absolute atomic E-state index is 0. The molecule has 58 valence electrons. The third-order valence-corrected chi connectivity index (χ3v) is 1.99. The zero-order chi connectivity index (χ0) is 7.40. The van der Waals surface area contributed by atoms with Gasteiger partial charge in [-0.15, -0.1) is 5.26 Å². The van der Waals surface area contributed by atoms with E-state index < -0.39 is 0 Å². The predicted molar refractivity (Wildman–Crippen MR) is 33.6 cm³/mol. The molecule has 0 radical (unpaired) electrons. The molecule has 0 aliphatic heterocycles. The second kappa shape index (κ2) is 6.51. The van der Waals surface area contributed by atoms with E-state index in [2.05, 4.69) is 4.99 Å². The molecule has 11 heavy (non-hydrogen) atoms. The van der Waals surface area contributed by atoms with Gasteiger partial charge in [-0.25, -0.2) is 0 Å². The minimum Gasteiger partial charge on any atom is -0.141 e. The predicted octanol–water partition coefficient (Wildman–Crippen LogP) is -1.23. The zero-order valence-electron chi connectivity index (χ0n) is 6.92. The van der Waals surface area contributed by atoms with Crippen molar-refractivity contribution in [2.24, 2.45) is 0 Å². The van der Waals surface area contributed by atoms with Crippen LogP contribution in [-0.4, -0.2) is 16.2 Å². The summed E-state index contributed by atoms with van der Waals surface area (Å²) in [6.45, 7) is 0. The maximum absolute atomic E-state index is 8.13. The second-order valence-electron chi connectivity index (χ2n) is 2.70. The average Bonchev–Trinajstić information content (AvgIpc) is 2.05. The van der Waals surface area contributed by atoms with Gasteiger partial charge in [-0.2, -0.15) is 0 Å². The van der Waals surface area contributed by atoms with Crippen LogP contribution >= 0.6 is 0 Å². The van der Waals surface area contributed by atoms with Crippen molar-refractivity contribution in [3.8, 4) is 0 Å². The molecule has 5 heteroatoms. The SMILES string of the molecule is N=[N+](OO)C1CCCCC1.[K+]. The summed E-state index contributed by atoms with van der Waals surface area (Å²) in [5.41, 5.74) is 7.08. The van der Waals surface area contributed by atoms with Crippen LogP contribution in [0.1, 0.15) is 32.1 Å². The number of nitrogens with zero attached hydrogens (tertiary/aromatic N) is 1. The summed E-state index contributed by atoms with van der Waals surface area (Å²) in [5.74, 6) is 0. The first-order valence-corrected chi connectivity index (χ1v) is 3.66. The molecular weight excluding hydrogens is 171 g/mol. The van der Waals surface area contributed by atoms with Crippen molar-refractivity contribution in [2.75, 3.05) is 0 Å². The maximum Gasteiger partial charge on any atom is 1.00 e. The topological polar surface area (TPSA) is 56.3 Å². The van der Waals surface area contributed by atoms with Crippen molar-refractivity contribution in [2.45, 2.75) is 38.1 Å². The van der Waals surface area contributed by atoms with E-state index in [-0.39, 0.29) is 57.4 Å². The molecule has 0 spiro atoms. The third kappa shape index (κ3) is 3.96. The molecule has 0 heterocycles. The molecule has 0 unspecified atom stereocenters. The van der Waals surface area contributed by atoms with Gasteiger partial charge in [-0.05, 0) is 18.4 Å². The van der Waals surface area contributed by atoms with E-state index in [4.69, 9.17) is 10.8 Å². The molecule has 1 saturated carbocycles. The maximum atomic E-state index is 8.13. The quantitative estimate of drug-likeness (QED) is 0.186. The molecule has 1 rings (SSSR count). The number of hydrogen-bond donors (Lipinski definition) is 2.